The molecule has 0 bridgehead atoms. The van der Waals surface area contributed by atoms with Gasteiger partial charge in [-0.2, -0.15) is 11.3 Å². The molecule has 0 fully saturated rings. The molecule has 0 aliphatic carbocycles. The minimum atomic E-state index is 0.651. The molecular formula is C15H23N3OS. The Hall–Kier alpha value is -1.17. The number of thiophene rings is 1. The molecule has 1 N–H and O–H groups in total. The topological polar surface area (TPSA) is 41.3 Å². The smallest absolute Gasteiger partial charge is 0.151 e. The van der Waals surface area contributed by atoms with Crippen molar-refractivity contribution in [3.05, 3.63) is 39.9 Å². The first-order valence-corrected chi connectivity index (χ1v) is 7.92. The fourth-order valence-electron chi connectivity index (χ4n) is 2.02. The summed E-state index contributed by atoms with van der Waals surface area (Å²) < 4.78 is 5.38. The van der Waals surface area contributed by atoms with Gasteiger partial charge in [-0.1, -0.05) is 19.0 Å². The van der Waals surface area contributed by atoms with E-state index in [4.69, 9.17) is 4.52 Å². The van der Waals surface area contributed by atoms with Gasteiger partial charge in [-0.05, 0) is 41.9 Å². The molecule has 0 unspecified atom stereocenters. The molecule has 110 valence electrons. The number of nitrogens with one attached hydrogen (secondary N) is 1. The van der Waals surface area contributed by atoms with Crippen LogP contribution in [0.25, 0.3) is 0 Å². The van der Waals surface area contributed by atoms with E-state index in [2.05, 4.69) is 53.1 Å². The molecule has 2 rings (SSSR count). The Morgan fingerprint density at radius 3 is 2.95 bits per heavy atom. The van der Waals surface area contributed by atoms with Crippen LogP contribution in [-0.2, 0) is 19.6 Å². The largest absolute Gasteiger partial charge is 0.360 e. The summed E-state index contributed by atoms with van der Waals surface area (Å²) in [7, 11) is 2.09. The monoisotopic (exact) mass is 293 g/mol. The third-order valence-corrected chi connectivity index (χ3v) is 3.66. The van der Waals surface area contributed by atoms with Crippen LogP contribution >= 0.6 is 11.3 Å². The lowest BCUT2D eigenvalue weighted by Crippen LogP contribution is -2.19. The third kappa shape index (κ3) is 5.07. The highest BCUT2D eigenvalue weighted by atomic mass is 32.1. The highest BCUT2D eigenvalue weighted by Gasteiger charge is 2.08. The van der Waals surface area contributed by atoms with E-state index in [9.17, 15) is 0 Å². The molecule has 20 heavy (non-hydrogen) atoms. The van der Waals surface area contributed by atoms with Crippen molar-refractivity contribution in [3.63, 3.8) is 0 Å². The second-order valence-corrected chi connectivity index (χ2v) is 6.39. The maximum Gasteiger partial charge on any atom is 0.151 e. The predicted molar refractivity (Wildman–Crippen MR) is 82.5 cm³/mol. The maximum atomic E-state index is 5.38. The molecule has 0 aliphatic rings. The van der Waals surface area contributed by atoms with E-state index in [1.807, 2.05) is 6.07 Å². The lowest BCUT2D eigenvalue weighted by Gasteiger charge is -2.13. The van der Waals surface area contributed by atoms with Crippen LogP contribution in [-0.4, -0.2) is 23.6 Å². The van der Waals surface area contributed by atoms with Crippen molar-refractivity contribution in [3.8, 4) is 0 Å². The summed E-state index contributed by atoms with van der Waals surface area (Å²) in [6.45, 7) is 7.88. The van der Waals surface area contributed by atoms with Gasteiger partial charge in [0, 0.05) is 19.2 Å². The highest BCUT2D eigenvalue weighted by molar-refractivity contribution is 7.07. The fourth-order valence-corrected chi connectivity index (χ4v) is 2.68. The molecule has 4 nitrogen and oxygen atoms in total. The van der Waals surface area contributed by atoms with E-state index in [0.717, 1.165) is 37.6 Å². The molecular weight excluding hydrogens is 270 g/mol. The summed E-state index contributed by atoms with van der Waals surface area (Å²) in [5.74, 6) is 1.57. The van der Waals surface area contributed by atoms with Crippen molar-refractivity contribution in [1.29, 1.82) is 0 Å². The third-order valence-electron chi connectivity index (χ3n) is 2.92. The molecule has 5 heteroatoms. The van der Waals surface area contributed by atoms with Crippen molar-refractivity contribution < 1.29 is 4.52 Å². The number of aromatic nitrogens is 1. The molecule has 2 aromatic rings. The Balaban J connectivity index is 1.77. The van der Waals surface area contributed by atoms with Crippen LogP contribution in [0.4, 0.5) is 0 Å². The molecule has 0 saturated carbocycles. The Bertz CT molecular complexity index is 493. The number of hydrogen-bond acceptors (Lipinski definition) is 5. The van der Waals surface area contributed by atoms with E-state index >= 15 is 0 Å². The van der Waals surface area contributed by atoms with Crippen molar-refractivity contribution in [2.75, 3.05) is 13.6 Å². The summed E-state index contributed by atoms with van der Waals surface area (Å²) in [6.07, 6.45) is 0. The molecule has 2 heterocycles. The normalized spacial score (nSPS) is 11.7. The van der Waals surface area contributed by atoms with Crippen LogP contribution in [0.1, 0.15) is 30.9 Å². The quantitative estimate of drug-likeness (QED) is 0.812. The van der Waals surface area contributed by atoms with Gasteiger partial charge in [0.15, 0.2) is 5.76 Å². The van der Waals surface area contributed by atoms with Crippen LogP contribution in [0.3, 0.4) is 0 Å². The molecule has 2 aromatic heterocycles. The standard InChI is InChI=1S/C15H23N3OS/c1-12(2)7-16-8-14-6-15(19-17-14)10-18(3)9-13-4-5-20-11-13/h4-6,11-12,16H,7-10H2,1-3H3. The van der Waals surface area contributed by atoms with Gasteiger partial charge in [0.05, 0.1) is 12.2 Å². The van der Waals surface area contributed by atoms with Crippen molar-refractivity contribution in [2.24, 2.45) is 5.92 Å². The van der Waals surface area contributed by atoms with Crippen molar-refractivity contribution in [2.45, 2.75) is 33.5 Å². The minimum Gasteiger partial charge on any atom is -0.360 e. The second-order valence-electron chi connectivity index (χ2n) is 5.61. The summed E-state index contributed by atoms with van der Waals surface area (Å²) in [4.78, 5) is 2.23. The van der Waals surface area contributed by atoms with Crippen LogP contribution < -0.4 is 5.32 Å². The van der Waals surface area contributed by atoms with Crippen molar-refractivity contribution in [1.82, 2.24) is 15.4 Å². The zero-order chi connectivity index (χ0) is 14.4. The Morgan fingerprint density at radius 1 is 1.40 bits per heavy atom. The first-order chi connectivity index (χ1) is 9.63. The molecule has 0 aromatic carbocycles. The average molecular weight is 293 g/mol. The van der Waals surface area contributed by atoms with Crippen LogP contribution in [0.5, 0.6) is 0 Å². The second kappa shape index (κ2) is 7.57. The summed E-state index contributed by atoms with van der Waals surface area (Å²) in [5, 5.41) is 11.8. The van der Waals surface area contributed by atoms with Gasteiger partial charge in [0.1, 0.15) is 0 Å². The van der Waals surface area contributed by atoms with Gasteiger partial charge in [0.25, 0.3) is 0 Å². The predicted octanol–water partition coefficient (Wildman–Crippen LogP) is 3.11. The minimum absolute atomic E-state index is 0.651. The van der Waals surface area contributed by atoms with E-state index in [0.29, 0.717) is 5.92 Å². The van der Waals surface area contributed by atoms with E-state index in [-0.39, 0.29) is 0 Å². The van der Waals surface area contributed by atoms with Gasteiger partial charge in [-0.3, -0.25) is 4.90 Å². The van der Waals surface area contributed by atoms with Crippen LogP contribution in [0, 0.1) is 5.92 Å². The Kier molecular flexibility index (Phi) is 5.76. The number of rotatable bonds is 8. The summed E-state index contributed by atoms with van der Waals surface area (Å²) >= 11 is 1.73. The maximum absolute atomic E-state index is 5.38. The van der Waals surface area contributed by atoms with Gasteiger partial charge < -0.3 is 9.84 Å². The van der Waals surface area contributed by atoms with Gasteiger partial charge in [-0.15, -0.1) is 0 Å². The average Bonchev–Trinajstić information content (AvgIpc) is 3.01. The Labute approximate surface area is 124 Å². The van der Waals surface area contributed by atoms with E-state index < -0.39 is 0 Å². The van der Waals surface area contributed by atoms with Crippen LogP contribution in [0.2, 0.25) is 0 Å². The van der Waals surface area contributed by atoms with E-state index in [1.165, 1.54) is 5.56 Å². The Morgan fingerprint density at radius 2 is 2.25 bits per heavy atom. The summed E-state index contributed by atoms with van der Waals surface area (Å²) in [6, 6.07) is 4.19. The number of hydrogen-bond donors (Lipinski definition) is 1. The number of nitrogens with zero attached hydrogens (tertiary/aromatic N) is 2. The van der Waals surface area contributed by atoms with E-state index in [1.54, 1.807) is 11.3 Å². The SMILES string of the molecule is CC(C)CNCc1cc(CN(C)Cc2ccsc2)on1. The first kappa shape index (κ1) is 15.2. The van der Waals surface area contributed by atoms with Gasteiger partial charge in [0.2, 0.25) is 0 Å². The lowest BCUT2D eigenvalue weighted by molar-refractivity contribution is 0.265. The van der Waals surface area contributed by atoms with Gasteiger partial charge >= 0.3 is 0 Å². The van der Waals surface area contributed by atoms with Gasteiger partial charge in [-0.25, -0.2) is 0 Å². The van der Waals surface area contributed by atoms with Crippen LogP contribution in [0.15, 0.2) is 27.4 Å². The molecule has 0 radical (unpaired) electrons. The zero-order valence-corrected chi connectivity index (χ0v) is 13.2. The molecule has 0 amide bonds. The summed E-state index contributed by atoms with van der Waals surface area (Å²) in [5.41, 5.74) is 2.32. The lowest BCUT2D eigenvalue weighted by atomic mass is 10.2. The first-order valence-electron chi connectivity index (χ1n) is 6.98. The zero-order valence-electron chi connectivity index (χ0n) is 12.4. The highest BCUT2D eigenvalue weighted by Crippen LogP contribution is 2.12. The fraction of sp³-hybridized carbons (Fsp3) is 0.533. The van der Waals surface area contributed by atoms with Crippen molar-refractivity contribution >= 4 is 11.3 Å². The molecule has 0 saturated heterocycles. The molecule has 0 spiro atoms. The molecule has 0 aliphatic heterocycles. The molecule has 0 atom stereocenters.